The van der Waals surface area contributed by atoms with Gasteiger partial charge in [-0.15, -0.1) is 0 Å². The summed E-state index contributed by atoms with van der Waals surface area (Å²) in [5.74, 6) is 0.0307. The summed E-state index contributed by atoms with van der Waals surface area (Å²) in [6.07, 6.45) is 18.5. The zero-order valence-corrected chi connectivity index (χ0v) is 22.3. The summed E-state index contributed by atoms with van der Waals surface area (Å²) >= 11 is 0. The number of hydrogen-bond acceptors (Lipinski definition) is 5. The Morgan fingerprint density at radius 1 is 0.611 bits per heavy atom. The first-order valence-electron chi connectivity index (χ1n) is 13.8. The predicted molar refractivity (Wildman–Crippen MR) is 145 cm³/mol. The van der Waals surface area contributed by atoms with Crippen LogP contribution in [-0.2, 0) is 11.2 Å². The van der Waals surface area contributed by atoms with Crippen LogP contribution in [0, 0.1) is 0 Å². The monoisotopic (exact) mass is 496 g/mol. The van der Waals surface area contributed by atoms with Crippen LogP contribution >= 0.6 is 0 Å². The van der Waals surface area contributed by atoms with Gasteiger partial charge in [-0.05, 0) is 36.6 Å². The van der Waals surface area contributed by atoms with E-state index in [1.807, 2.05) is 18.2 Å². The van der Waals surface area contributed by atoms with E-state index in [0.717, 1.165) is 18.4 Å². The van der Waals surface area contributed by atoms with Crippen molar-refractivity contribution in [2.45, 2.75) is 103 Å². The molecule has 0 fully saturated rings. The summed E-state index contributed by atoms with van der Waals surface area (Å²) in [4.78, 5) is 24.3. The maximum absolute atomic E-state index is 12.4. The van der Waals surface area contributed by atoms with E-state index in [1.54, 1.807) is 18.2 Å². The van der Waals surface area contributed by atoms with Crippen molar-refractivity contribution >= 4 is 12.1 Å². The molecule has 198 valence electrons. The fraction of sp³-hybridized carbons (Fsp3) is 0.548. The third-order valence-corrected chi connectivity index (χ3v) is 6.45. The zero-order chi connectivity index (χ0) is 25.8. The summed E-state index contributed by atoms with van der Waals surface area (Å²) in [6, 6.07) is 14.0. The van der Waals surface area contributed by atoms with Crippen LogP contribution in [0.4, 0.5) is 4.79 Å². The second-order valence-corrected chi connectivity index (χ2v) is 9.40. The number of carbonyl (C=O) groups is 2. The molecule has 0 aliphatic rings. The molecule has 2 rings (SSSR count). The molecule has 0 unspecified atom stereocenters. The Labute approximate surface area is 217 Å². The normalized spacial score (nSPS) is 10.7. The molecule has 0 radical (unpaired) electrons. The van der Waals surface area contributed by atoms with Crippen LogP contribution in [0.3, 0.4) is 0 Å². The van der Waals surface area contributed by atoms with E-state index < -0.39 is 12.1 Å². The molecule has 0 atom stereocenters. The molecule has 0 saturated heterocycles. The second-order valence-electron chi connectivity index (χ2n) is 9.40. The number of benzene rings is 2. The molecule has 0 spiro atoms. The van der Waals surface area contributed by atoms with Crippen molar-refractivity contribution in [1.82, 2.24) is 0 Å². The minimum absolute atomic E-state index is 0.110. The molecule has 0 aliphatic heterocycles. The van der Waals surface area contributed by atoms with Crippen LogP contribution in [0.2, 0.25) is 0 Å². The third kappa shape index (κ3) is 11.7. The molecule has 0 N–H and O–H groups in total. The molecule has 0 aliphatic carbocycles. The van der Waals surface area contributed by atoms with Crippen molar-refractivity contribution in [3.63, 3.8) is 0 Å². The summed E-state index contributed by atoms with van der Waals surface area (Å²) in [5, 5.41) is 0. The number of hydrogen-bond donors (Lipinski definition) is 0. The van der Waals surface area contributed by atoms with E-state index in [-0.39, 0.29) is 11.3 Å². The smallest absolute Gasteiger partial charge is 0.465 e. The molecule has 2 aromatic carbocycles. The average molecular weight is 497 g/mol. The molecular weight excluding hydrogens is 452 g/mol. The first-order chi connectivity index (χ1) is 17.7. The van der Waals surface area contributed by atoms with Crippen molar-refractivity contribution in [1.29, 1.82) is 0 Å². The van der Waals surface area contributed by atoms with Gasteiger partial charge in [0.15, 0.2) is 0 Å². The summed E-state index contributed by atoms with van der Waals surface area (Å²) in [6.45, 7) is 2.27. The van der Waals surface area contributed by atoms with Crippen molar-refractivity contribution in [3.8, 4) is 11.5 Å². The topological polar surface area (TPSA) is 61.8 Å². The maximum atomic E-state index is 12.4. The number of methoxy groups -OCH3 is 1. The van der Waals surface area contributed by atoms with E-state index in [0.29, 0.717) is 5.75 Å². The van der Waals surface area contributed by atoms with Crippen LogP contribution in [0.5, 0.6) is 11.5 Å². The molecule has 5 heteroatoms. The standard InChI is InChI=1S/C31H44O5/c1-3-4-5-6-7-8-9-10-11-12-13-14-15-16-21-26-22-17-19-24-28(26)35-31(33)36-29-25-20-18-23-27(29)30(32)34-2/h17-20,22-25H,3-16,21H2,1-2H3. The van der Waals surface area contributed by atoms with E-state index in [9.17, 15) is 9.59 Å². The quantitative estimate of drug-likeness (QED) is 0.117. The van der Waals surface area contributed by atoms with Crippen molar-refractivity contribution in [3.05, 3.63) is 59.7 Å². The number of unbranched alkanes of at least 4 members (excludes halogenated alkanes) is 13. The Kier molecular flexibility index (Phi) is 15.1. The lowest BCUT2D eigenvalue weighted by Gasteiger charge is -2.11. The SMILES string of the molecule is CCCCCCCCCCCCCCCCc1ccccc1OC(=O)Oc1ccccc1C(=O)OC. The van der Waals surface area contributed by atoms with Gasteiger partial charge >= 0.3 is 12.1 Å². The fourth-order valence-corrected chi connectivity index (χ4v) is 4.35. The lowest BCUT2D eigenvalue weighted by molar-refractivity contribution is 0.0597. The lowest BCUT2D eigenvalue weighted by atomic mass is 10.0. The van der Waals surface area contributed by atoms with Crippen LogP contribution in [-0.4, -0.2) is 19.2 Å². The molecule has 2 aromatic rings. The molecule has 0 aromatic heterocycles. The number of aryl methyl sites for hydroxylation is 1. The van der Waals surface area contributed by atoms with Gasteiger partial charge in [-0.1, -0.05) is 121 Å². The third-order valence-electron chi connectivity index (χ3n) is 6.45. The minimum Gasteiger partial charge on any atom is -0.465 e. The van der Waals surface area contributed by atoms with Crippen LogP contribution in [0.1, 0.15) is 113 Å². The highest BCUT2D eigenvalue weighted by molar-refractivity contribution is 5.93. The van der Waals surface area contributed by atoms with E-state index in [2.05, 4.69) is 6.92 Å². The lowest BCUT2D eigenvalue weighted by Crippen LogP contribution is -2.16. The van der Waals surface area contributed by atoms with Crippen LogP contribution in [0.25, 0.3) is 0 Å². The van der Waals surface area contributed by atoms with E-state index >= 15 is 0 Å². The number of para-hydroxylation sites is 2. The Morgan fingerprint density at radius 3 is 1.67 bits per heavy atom. The highest BCUT2D eigenvalue weighted by Gasteiger charge is 2.17. The molecule has 0 heterocycles. The molecule has 5 nitrogen and oxygen atoms in total. The van der Waals surface area contributed by atoms with Crippen molar-refractivity contribution < 1.29 is 23.8 Å². The van der Waals surface area contributed by atoms with Gasteiger partial charge in [0.2, 0.25) is 0 Å². The van der Waals surface area contributed by atoms with Gasteiger partial charge in [0.25, 0.3) is 0 Å². The van der Waals surface area contributed by atoms with E-state index in [4.69, 9.17) is 14.2 Å². The van der Waals surface area contributed by atoms with Crippen LogP contribution < -0.4 is 9.47 Å². The van der Waals surface area contributed by atoms with Gasteiger partial charge in [-0.2, -0.15) is 0 Å². The molecule has 0 saturated carbocycles. The van der Waals surface area contributed by atoms with Gasteiger partial charge in [0.1, 0.15) is 17.1 Å². The number of ether oxygens (including phenoxy) is 3. The molecule has 0 amide bonds. The Morgan fingerprint density at radius 2 is 1.08 bits per heavy atom. The number of rotatable bonds is 18. The first-order valence-corrected chi connectivity index (χ1v) is 13.8. The summed E-state index contributed by atoms with van der Waals surface area (Å²) < 4.78 is 15.5. The highest BCUT2D eigenvalue weighted by atomic mass is 16.7. The Hall–Kier alpha value is -2.82. The predicted octanol–water partition coefficient (Wildman–Crippen LogP) is 9.07. The summed E-state index contributed by atoms with van der Waals surface area (Å²) in [5.41, 5.74) is 1.15. The second kappa shape index (κ2) is 18.4. The molecular formula is C31H44O5. The maximum Gasteiger partial charge on any atom is 0.519 e. The number of carbonyl (C=O) groups excluding carboxylic acids is 2. The van der Waals surface area contributed by atoms with Gasteiger partial charge < -0.3 is 14.2 Å². The molecule has 36 heavy (non-hydrogen) atoms. The number of esters is 1. The van der Waals surface area contributed by atoms with Gasteiger partial charge in [-0.25, -0.2) is 9.59 Å². The van der Waals surface area contributed by atoms with Gasteiger partial charge in [0.05, 0.1) is 7.11 Å². The average Bonchev–Trinajstić information content (AvgIpc) is 2.89. The molecule has 0 bridgehead atoms. The van der Waals surface area contributed by atoms with Crippen molar-refractivity contribution in [2.24, 2.45) is 0 Å². The van der Waals surface area contributed by atoms with Crippen LogP contribution in [0.15, 0.2) is 48.5 Å². The highest BCUT2D eigenvalue weighted by Crippen LogP contribution is 2.24. The largest absolute Gasteiger partial charge is 0.519 e. The zero-order valence-electron chi connectivity index (χ0n) is 22.3. The Bertz CT molecular complexity index is 892. The minimum atomic E-state index is -0.875. The Balaban J connectivity index is 1.63. The van der Waals surface area contributed by atoms with Gasteiger partial charge in [0, 0.05) is 0 Å². The first kappa shape index (κ1) is 29.4. The van der Waals surface area contributed by atoms with Gasteiger partial charge in [-0.3, -0.25) is 0 Å². The summed E-state index contributed by atoms with van der Waals surface area (Å²) in [7, 11) is 1.28. The van der Waals surface area contributed by atoms with E-state index in [1.165, 1.54) is 103 Å². The fourth-order valence-electron chi connectivity index (χ4n) is 4.35. The van der Waals surface area contributed by atoms with Crippen molar-refractivity contribution in [2.75, 3.05) is 7.11 Å².